The fourth-order valence-electron chi connectivity index (χ4n) is 5.27. The van der Waals surface area contributed by atoms with Crippen molar-refractivity contribution < 1.29 is 15.0 Å². The maximum atomic E-state index is 13.6. The number of nitrogens with zero attached hydrogens (tertiary/aromatic N) is 1. The Kier molecular flexibility index (Phi) is 9.58. The summed E-state index contributed by atoms with van der Waals surface area (Å²) in [5, 5.41) is 29.9. The van der Waals surface area contributed by atoms with E-state index in [1.807, 2.05) is 82.8 Å². The molecule has 2 aromatic rings. The van der Waals surface area contributed by atoms with Gasteiger partial charge in [-0.1, -0.05) is 79.2 Å². The Labute approximate surface area is 227 Å². The summed E-state index contributed by atoms with van der Waals surface area (Å²) in [6.45, 7) is 15.1. The number of amidine groups is 1. The van der Waals surface area contributed by atoms with Crippen LogP contribution in [0.15, 0.2) is 36.4 Å². The van der Waals surface area contributed by atoms with E-state index in [1.54, 1.807) is 0 Å². The number of benzene rings is 2. The van der Waals surface area contributed by atoms with E-state index in [2.05, 4.69) is 6.92 Å². The van der Waals surface area contributed by atoms with E-state index >= 15 is 0 Å². The van der Waals surface area contributed by atoms with Crippen molar-refractivity contribution in [1.82, 2.24) is 4.90 Å². The van der Waals surface area contributed by atoms with Crippen molar-refractivity contribution in [2.75, 3.05) is 13.1 Å². The number of hydrogen-bond donors (Lipinski definition) is 3. The third-order valence-corrected chi connectivity index (χ3v) is 7.16. The van der Waals surface area contributed by atoms with Crippen molar-refractivity contribution in [1.29, 1.82) is 5.41 Å². The molecular formula is C30H43BrN2O3. The van der Waals surface area contributed by atoms with Crippen LogP contribution in [0.5, 0.6) is 5.75 Å². The number of carbonyl (C=O) groups excluding carboxylic acids is 1. The molecule has 6 heteroatoms. The summed E-state index contributed by atoms with van der Waals surface area (Å²) in [5.41, 5.74) is 3.32. The molecule has 0 aliphatic carbocycles. The third-order valence-electron chi connectivity index (χ3n) is 7.16. The van der Waals surface area contributed by atoms with Crippen LogP contribution in [0.4, 0.5) is 0 Å². The minimum absolute atomic E-state index is 0. The number of Topliss-reactive ketones (excluding diaryl/α,β-unsaturated/α-hetero) is 1. The number of aromatic hydroxyl groups is 1. The molecule has 1 aliphatic heterocycles. The Bertz CT molecular complexity index is 1060. The van der Waals surface area contributed by atoms with Crippen LogP contribution in [-0.2, 0) is 17.4 Å². The molecule has 0 spiro atoms. The third kappa shape index (κ3) is 6.20. The van der Waals surface area contributed by atoms with E-state index in [-0.39, 0.29) is 64.3 Å². The molecule has 1 aliphatic rings. The van der Waals surface area contributed by atoms with Gasteiger partial charge in [0, 0.05) is 29.2 Å². The van der Waals surface area contributed by atoms with Gasteiger partial charge in [-0.15, -0.1) is 17.0 Å². The summed E-state index contributed by atoms with van der Waals surface area (Å²) in [6, 6.07) is 11.4. The van der Waals surface area contributed by atoms with Crippen LogP contribution < -0.4 is 0 Å². The Balaban J connectivity index is 0.00000456. The summed E-state index contributed by atoms with van der Waals surface area (Å²) >= 11 is 0. The number of likely N-dealkylation sites (tertiary alicyclic amines) is 1. The first-order chi connectivity index (χ1) is 16.3. The fraction of sp³-hybridized carbons (Fsp3) is 0.533. The maximum absolute atomic E-state index is 13.6. The molecule has 2 unspecified atom stereocenters. The number of halogens is 1. The van der Waals surface area contributed by atoms with Crippen molar-refractivity contribution in [3.8, 4) is 5.75 Å². The molecule has 1 heterocycles. The van der Waals surface area contributed by atoms with Crippen LogP contribution in [0.25, 0.3) is 0 Å². The van der Waals surface area contributed by atoms with Gasteiger partial charge in [0.2, 0.25) is 0 Å². The molecule has 0 bridgehead atoms. The number of phenols is 1. The predicted molar refractivity (Wildman–Crippen MR) is 153 cm³/mol. The number of ketones is 1. The molecule has 198 valence electrons. The summed E-state index contributed by atoms with van der Waals surface area (Å²) in [7, 11) is 0. The van der Waals surface area contributed by atoms with Crippen LogP contribution in [-0.4, -0.2) is 39.8 Å². The van der Waals surface area contributed by atoms with Crippen LogP contribution >= 0.6 is 17.0 Å². The Hall–Kier alpha value is -2.18. The van der Waals surface area contributed by atoms with Gasteiger partial charge in [0.15, 0.2) is 5.78 Å². The number of phenolic OH excluding ortho intramolecular Hbond substituents is 1. The van der Waals surface area contributed by atoms with E-state index in [4.69, 9.17) is 5.41 Å². The molecule has 1 fully saturated rings. The first-order valence-corrected chi connectivity index (χ1v) is 12.7. The molecule has 0 aromatic heterocycles. The predicted octanol–water partition coefficient (Wildman–Crippen LogP) is 6.73. The number of rotatable bonds is 7. The van der Waals surface area contributed by atoms with Gasteiger partial charge in [-0.2, -0.15) is 0 Å². The SMILES string of the molecule is Br.CCCC1CN(CC(=O)c2cc(C(C)(C)C)c(O)c(C(C)(C)C)c2)C(=N)C1c1ccccc1CO. The van der Waals surface area contributed by atoms with Gasteiger partial charge in [0.05, 0.1) is 13.2 Å². The summed E-state index contributed by atoms with van der Waals surface area (Å²) in [5.74, 6) is 0.768. The molecule has 1 saturated heterocycles. The van der Waals surface area contributed by atoms with Gasteiger partial charge < -0.3 is 15.1 Å². The zero-order chi connectivity index (χ0) is 26.1. The van der Waals surface area contributed by atoms with E-state index in [0.717, 1.165) is 35.1 Å². The van der Waals surface area contributed by atoms with E-state index < -0.39 is 0 Å². The summed E-state index contributed by atoms with van der Waals surface area (Å²) < 4.78 is 0. The van der Waals surface area contributed by atoms with Crippen molar-refractivity contribution in [3.63, 3.8) is 0 Å². The Morgan fingerprint density at radius 2 is 1.61 bits per heavy atom. The van der Waals surface area contributed by atoms with Gasteiger partial charge in [0.25, 0.3) is 0 Å². The zero-order valence-corrected chi connectivity index (χ0v) is 24.5. The van der Waals surface area contributed by atoms with E-state index in [9.17, 15) is 15.0 Å². The van der Waals surface area contributed by atoms with Gasteiger partial charge in [0.1, 0.15) is 11.6 Å². The molecule has 0 amide bonds. The molecule has 2 atom stereocenters. The lowest BCUT2D eigenvalue weighted by Gasteiger charge is -2.28. The van der Waals surface area contributed by atoms with Crippen molar-refractivity contribution in [2.24, 2.45) is 5.92 Å². The second-order valence-electron chi connectivity index (χ2n) is 12.0. The molecule has 5 nitrogen and oxygen atoms in total. The highest BCUT2D eigenvalue weighted by Crippen LogP contribution is 2.41. The number of carbonyl (C=O) groups is 1. The smallest absolute Gasteiger partial charge is 0.182 e. The fourth-order valence-corrected chi connectivity index (χ4v) is 5.27. The second-order valence-corrected chi connectivity index (χ2v) is 12.0. The first kappa shape index (κ1) is 30.0. The van der Waals surface area contributed by atoms with Gasteiger partial charge in [-0.25, -0.2) is 0 Å². The van der Waals surface area contributed by atoms with Crippen molar-refractivity contribution >= 4 is 28.6 Å². The lowest BCUT2D eigenvalue weighted by Crippen LogP contribution is -2.32. The van der Waals surface area contributed by atoms with Crippen LogP contribution in [0.2, 0.25) is 0 Å². The van der Waals surface area contributed by atoms with E-state index in [0.29, 0.717) is 17.9 Å². The Morgan fingerprint density at radius 3 is 2.11 bits per heavy atom. The highest BCUT2D eigenvalue weighted by Gasteiger charge is 2.39. The normalized spacial score (nSPS) is 18.3. The quantitative estimate of drug-likeness (QED) is 0.329. The number of hydrogen-bond acceptors (Lipinski definition) is 4. The minimum atomic E-state index is -0.313. The summed E-state index contributed by atoms with van der Waals surface area (Å²) in [4.78, 5) is 15.5. The number of aliphatic hydroxyl groups is 1. The molecule has 3 rings (SSSR count). The minimum Gasteiger partial charge on any atom is -0.507 e. The lowest BCUT2D eigenvalue weighted by molar-refractivity contribution is 0.0963. The van der Waals surface area contributed by atoms with Crippen LogP contribution in [0, 0.1) is 11.3 Å². The average molecular weight is 560 g/mol. The lowest BCUT2D eigenvalue weighted by atomic mass is 9.78. The number of nitrogens with one attached hydrogen (secondary N) is 1. The van der Waals surface area contributed by atoms with Crippen molar-refractivity contribution in [3.05, 3.63) is 64.2 Å². The van der Waals surface area contributed by atoms with Crippen LogP contribution in [0.1, 0.15) is 99.8 Å². The van der Waals surface area contributed by atoms with Crippen LogP contribution in [0.3, 0.4) is 0 Å². The highest BCUT2D eigenvalue weighted by molar-refractivity contribution is 8.93. The maximum Gasteiger partial charge on any atom is 0.182 e. The summed E-state index contributed by atoms with van der Waals surface area (Å²) in [6.07, 6.45) is 1.96. The van der Waals surface area contributed by atoms with E-state index in [1.165, 1.54) is 0 Å². The standard InChI is InChI=1S/C30H42N2O3.BrH/c1-8-11-19-16-32(28(31)26(19)22-13-10-9-12-20(22)18-33)17-25(34)21-14-23(29(2,3)4)27(35)24(15-21)30(5,6)7;/h9-10,12-15,19,26,31,33,35H,8,11,16-18H2,1-7H3;1H. The van der Waals surface area contributed by atoms with Gasteiger partial charge >= 0.3 is 0 Å². The molecule has 0 saturated carbocycles. The zero-order valence-electron chi connectivity index (χ0n) is 22.8. The van der Waals surface area contributed by atoms with Gasteiger partial charge in [-0.05, 0) is 46.4 Å². The topological polar surface area (TPSA) is 84.6 Å². The molecular weight excluding hydrogens is 516 g/mol. The Morgan fingerprint density at radius 1 is 1.06 bits per heavy atom. The highest BCUT2D eigenvalue weighted by atomic mass is 79.9. The molecule has 3 N–H and O–H groups in total. The monoisotopic (exact) mass is 558 g/mol. The molecule has 0 radical (unpaired) electrons. The van der Waals surface area contributed by atoms with Gasteiger partial charge in [-0.3, -0.25) is 10.2 Å². The largest absolute Gasteiger partial charge is 0.507 e. The first-order valence-electron chi connectivity index (χ1n) is 12.7. The molecule has 36 heavy (non-hydrogen) atoms. The molecule has 2 aromatic carbocycles. The van der Waals surface area contributed by atoms with Crippen molar-refractivity contribution in [2.45, 2.75) is 84.7 Å². The average Bonchev–Trinajstić information content (AvgIpc) is 3.06. The number of aliphatic hydroxyl groups excluding tert-OH is 1. The second kappa shape index (κ2) is 11.5.